The van der Waals surface area contributed by atoms with Crippen molar-refractivity contribution in [2.24, 2.45) is 0 Å². The van der Waals surface area contributed by atoms with Crippen LogP contribution in [-0.4, -0.2) is 38.2 Å². The Hall–Kier alpha value is -3.58. The van der Waals surface area contributed by atoms with E-state index in [0.29, 0.717) is 17.4 Å². The number of piperidine rings is 1. The molecule has 1 aliphatic heterocycles. The van der Waals surface area contributed by atoms with Crippen LogP contribution in [0.25, 0.3) is 44.7 Å². The fourth-order valence-electron chi connectivity index (χ4n) is 4.51. The van der Waals surface area contributed by atoms with E-state index < -0.39 is 0 Å². The van der Waals surface area contributed by atoms with Gasteiger partial charge in [0.1, 0.15) is 17.0 Å². The number of H-pyrrole nitrogens is 2. The highest BCUT2D eigenvalue weighted by Gasteiger charge is 2.19. The molecule has 5 aromatic rings. The normalized spacial score (nSPS) is 15.1. The zero-order chi connectivity index (χ0) is 20.8. The lowest BCUT2D eigenvalue weighted by Gasteiger charge is -2.23. The van der Waals surface area contributed by atoms with Crippen molar-refractivity contribution < 1.29 is 4.39 Å². The minimum Gasteiger partial charge on any atom is -0.321 e. The van der Waals surface area contributed by atoms with Crippen LogP contribution in [0.3, 0.4) is 0 Å². The number of halogens is 1. The number of pyridine rings is 1. The lowest BCUT2D eigenvalue weighted by Crippen LogP contribution is -2.26. The van der Waals surface area contributed by atoms with Gasteiger partial charge in [0.25, 0.3) is 0 Å². The monoisotopic (exact) mass is 412 g/mol. The Balaban J connectivity index is 1.46. The molecule has 31 heavy (non-hydrogen) atoms. The number of benzene rings is 2. The van der Waals surface area contributed by atoms with Crippen LogP contribution < -0.4 is 5.32 Å². The third-order valence-electron chi connectivity index (χ3n) is 6.16. The summed E-state index contributed by atoms with van der Waals surface area (Å²) < 4.78 is 13.4. The van der Waals surface area contributed by atoms with Gasteiger partial charge in [0.15, 0.2) is 11.5 Å². The van der Waals surface area contributed by atoms with Crippen LogP contribution in [0.15, 0.2) is 54.7 Å². The van der Waals surface area contributed by atoms with Crippen LogP contribution in [0.1, 0.15) is 24.3 Å². The van der Waals surface area contributed by atoms with E-state index in [4.69, 9.17) is 4.98 Å². The molecule has 4 heterocycles. The quantitative estimate of drug-likeness (QED) is 0.399. The van der Waals surface area contributed by atoms with Crippen LogP contribution in [0.4, 0.5) is 4.39 Å². The second-order valence-corrected chi connectivity index (χ2v) is 8.05. The summed E-state index contributed by atoms with van der Waals surface area (Å²) >= 11 is 0. The van der Waals surface area contributed by atoms with Crippen LogP contribution in [0.2, 0.25) is 0 Å². The molecule has 1 aliphatic rings. The summed E-state index contributed by atoms with van der Waals surface area (Å²) in [4.78, 5) is 12.6. The number of imidazole rings is 1. The minimum absolute atomic E-state index is 0.260. The third kappa shape index (κ3) is 3.18. The number of nitrogens with one attached hydrogen (secondary N) is 3. The lowest BCUT2D eigenvalue weighted by molar-refractivity contribution is 0.460. The van der Waals surface area contributed by atoms with E-state index in [9.17, 15) is 4.39 Å². The molecule has 0 unspecified atom stereocenters. The van der Waals surface area contributed by atoms with Gasteiger partial charge in [0, 0.05) is 17.1 Å². The molecule has 0 aliphatic carbocycles. The summed E-state index contributed by atoms with van der Waals surface area (Å²) in [5.74, 6) is 0.978. The van der Waals surface area contributed by atoms with Crippen molar-refractivity contribution in [3.63, 3.8) is 0 Å². The number of hydrogen-bond acceptors (Lipinski definition) is 4. The van der Waals surface area contributed by atoms with Gasteiger partial charge in [-0.1, -0.05) is 18.2 Å². The summed E-state index contributed by atoms with van der Waals surface area (Å²) in [6, 6.07) is 14.9. The summed E-state index contributed by atoms with van der Waals surface area (Å²) in [6.07, 6.45) is 4.03. The molecular weight excluding hydrogens is 391 g/mol. The fourth-order valence-corrected chi connectivity index (χ4v) is 4.51. The lowest BCUT2D eigenvalue weighted by atomic mass is 9.89. The average molecular weight is 412 g/mol. The molecule has 1 saturated heterocycles. The van der Waals surface area contributed by atoms with Gasteiger partial charge in [-0.2, -0.15) is 5.10 Å². The highest BCUT2D eigenvalue weighted by atomic mass is 19.1. The maximum absolute atomic E-state index is 13.4. The van der Waals surface area contributed by atoms with Gasteiger partial charge >= 0.3 is 0 Å². The maximum Gasteiger partial charge on any atom is 0.160 e. The van der Waals surface area contributed by atoms with Crippen molar-refractivity contribution in [2.45, 2.75) is 18.8 Å². The Morgan fingerprint density at radius 3 is 2.65 bits per heavy atom. The first-order valence-corrected chi connectivity index (χ1v) is 10.6. The van der Waals surface area contributed by atoms with Gasteiger partial charge in [-0.3, -0.25) is 5.10 Å². The molecular formula is C24H21FN6. The van der Waals surface area contributed by atoms with Gasteiger partial charge in [-0.25, -0.2) is 14.4 Å². The van der Waals surface area contributed by atoms with Crippen molar-refractivity contribution in [3.8, 4) is 22.6 Å². The highest BCUT2D eigenvalue weighted by Crippen LogP contribution is 2.33. The molecule has 0 atom stereocenters. The Kier molecular flexibility index (Phi) is 4.28. The highest BCUT2D eigenvalue weighted by molar-refractivity contribution is 5.96. The molecule has 0 radical (unpaired) electrons. The fraction of sp³-hybridized carbons (Fsp3) is 0.208. The first kappa shape index (κ1) is 18.2. The molecule has 154 valence electrons. The van der Waals surface area contributed by atoms with E-state index in [2.05, 4.69) is 43.7 Å². The van der Waals surface area contributed by atoms with E-state index in [1.54, 1.807) is 18.3 Å². The molecule has 6 rings (SSSR count). The van der Waals surface area contributed by atoms with Crippen molar-refractivity contribution in [3.05, 3.63) is 66.1 Å². The topological polar surface area (TPSA) is 82.3 Å². The second kappa shape index (κ2) is 7.28. The average Bonchev–Trinajstić information content (AvgIpc) is 3.43. The maximum atomic E-state index is 13.4. The Bertz CT molecular complexity index is 1380. The van der Waals surface area contributed by atoms with Crippen LogP contribution >= 0.6 is 0 Å². The standard InChI is InChI=1S/C24H21FN6/c25-17-4-1-15(2-5-17)18-9-12-27-23-21(18)28-24(29-23)22-19-13-16(3-6-20(19)30-31-22)14-7-10-26-11-8-14/h1-6,9,12-14,26H,7-8,10-11H2,(H,30,31)(H,27,28,29). The number of nitrogens with zero attached hydrogens (tertiary/aromatic N) is 3. The SMILES string of the molecule is Fc1ccc(-c2ccnc3[nH]c(-c4n[nH]c5ccc(C6CCNCC6)cc45)nc23)cc1. The first-order chi connectivity index (χ1) is 15.3. The van der Waals surface area contributed by atoms with Crippen LogP contribution in [-0.2, 0) is 0 Å². The van der Waals surface area contributed by atoms with E-state index in [-0.39, 0.29) is 5.82 Å². The molecule has 0 amide bonds. The summed E-state index contributed by atoms with van der Waals surface area (Å²) in [5, 5.41) is 12.2. The zero-order valence-corrected chi connectivity index (χ0v) is 16.8. The van der Waals surface area contributed by atoms with E-state index >= 15 is 0 Å². The van der Waals surface area contributed by atoms with Crippen molar-refractivity contribution in [1.29, 1.82) is 0 Å². The predicted octanol–water partition coefficient (Wildman–Crippen LogP) is 4.77. The molecule has 0 saturated carbocycles. The third-order valence-corrected chi connectivity index (χ3v) is 6.16. The van der Waals surface area contributed by atoms with Gasteiger partial charge in [0.2, 0.25) is 0 Å². The summed E-state index contributed by atoms with van der Waals surface area (Å²) in [6.45, 7) is 2.12. The molecule has 2 aromatic carbocycles. The number of fused-ring (bicyclic) bond motifs is 2. The van der Waals surface area contributed by atoms with Gasteiger partial charge in [0.05, 0.1) is 5.52 Å². The Morgan fingerprint density at radius 1 is 0.968 bits per heavy atom. The molecule has 3 aromatic heterocycles. The predicted molar refractivity (Wildman–Crippen MR) is 119 cm³/mol. The van der Waals surface area contributed by atoms with Crippen molar-refractivity contribution >= 4 is 22.1 Å². The molecule has 1 fully saturated rings. The van der Waals surface area contributed by atoms with Crippen molar-refractivity contribution in [2.75, 3.05) is 13.1 Å². The number of hydrogen-bond donors (Lipinski definition) is 3. The van der Waals surface area contributed by atoms with E-state index in [1.807, 2.05) is 6.07 Å². The number of rotatable bonds is 3. The molecule has 6 nitrogen and oxygen atoms in total. The molecule has 3 N–H and O–H groups in total. The minimum atomic E-state index is -0.260. The van der Waals surface area contributed by atoms with Gasteiger partial charge < -0.3 is 10.3 Å². The first-order valence-electron chi connectivity index (χ1n) is 10.6. The second-order valence-electron chi connectivity index (χ2n) is 8.05. The van der Waals surface area contributed by atoms with Crippen LogP contribution in [0, 0.1) is 5.82 Å². The number of aromatic nitrogens is 5. The zero-order valence-electron chi connectivity index (χ0n) is 16.8. The largest absolute Gasteiger partial charge is 0.321 e. The molecule has 0 spiro atoms. The molecule has 7 heteroatoms. The van der Waals surface area contributed by atoms with Crippen molar-refractivity contribution in [1.82, 2.24) is 30.5 Å². The number of aromatic amines is 2. The Morgan fingerprint density at radius 2 is 1.81 bits per heavy atom. The van der Waals surface area contributed by atoms with Gasteiger partial charge in [-0.15, -0.1) is 0 Å². The van der Waals surface area contributed by atoms with E-state index in [1.165, 1.54) is 17.7 Å². The smallest absolute Gasteiger partial charge is 0.160 e. The molecule has 0 bridgehead atoms. The summed E-state index contributed by atoms with van der Waals surface area (Å²) in [5.41, 5.74) is 6.35. The Labute approximate surface area is 177 Å². The van der Waals surface area contributed by atoms with Crippen LogP contribution in [0.5, 0.6) is 0 Å². The van der Waals surface area contributed by atoms with Gasteiger partial charge in [-0.05, 0) is 73.3 Å². The van der Waals surface area contributed by atoms with E-state index in [0.717, 1.165) is 59.2 Å². The summed E-state index contributed by atoms with van der Waals surface area (Å²) in [7, 11) is 0.